The zero-order chi connectivity index (χ0) is 26.5. The van der Waals surface area contributed by atoms with Crippen LogP contribution in [0.25, 0.3) is 6.08 Å². The summed E-state index contributed by atoms with van der Waals surface area (Å²) in [6.07, 6.45) is 9.00. The summed E-state index contributed by atoms with van der Waals surface area (Å²) in [6.45, 7) is -0.455. The molecular formula is C29H28N4O5. The van der Waals surface area contributed by atoms with Crippen molar-refractivity contribution in [3.05, 3.63) is 89.5 Å². The highest BCUT2D eigenvalue weighted by atomic mass is 16.5. The summed E-state index contributed by atoms with van der Waals surface area (Å²) < 4.78 is 15.9. The second-order valence-corrected chi connectivity index (χ2v) is 9.05. The number of aromatic nitrogens is 2. The minimum Gasteiger partial charge on any atom is -0.497 e. The second-order valence-electron chi connectivity index (χ2n) is 9.05. The maximum atomic E-state index is 13.4. The molecule has 9 heteroatoms. The molecule has 2 atom stereocenters. The van der Waals surface area contributed by atoms with E-state index in [4.69, 9.17) is 19.3 Å². The number of fused-ring (bicyclic) bond motifs is 1. The lowest BCUT2D eigenvalue weighted by Crippen LogP contribution is -2.34. The molecule has 1 aromatic heterocycles. The summed E-state index contributed by atoms with van der Waals surface area (Å²) in [5.41, 5.74) is 4.00. The molecule has 1 saturated carbocycles. The Morgan fingerprint density at radius 1 is 1.00 bits per heavy atom. The number of methoxy groups -OCH3 is 2. The van der Waals surface area contributed by atoms with Crippen LogP contribution in [0.1, 0.15) is 46.9 Å². The van der Waals surface area contributed by atoms with Gasteiger partial charge in [-0.2, -0.15) is 5.10 Å². The summed E-state index contributed by atoms with van der Waals surface area (Å²) in [7, 11) is 3.26. The average molecular weight is 513 g/mol. The van der Waals surface area contributed by atoms with E-state index < -0.39 is 18.5 Å². The molecular weight excluding hydrogens is 484 g/mol. The van der Waals surface area contributed by atoms with Gasteiger partial charge in [-0.1, -0.05) is 24.3 Å². The first-order valence-corrected chi connectivity index (χ1v) is 12.4. The van der Waals surface area contributed by atoms with Gasteiger partial charge in [0.25, 0.3) is 5.91 Å². The summed E-state index contributed by atoms with van der Waals surface area (Å²) >= 11 is 0. The monoisotopic (exact) mass is 512 g/mol. The summed E-state index contributed by atoms with van der Waals surface area (Å²) in [6, 6.07) is 15.2. The molecule has 2 aliphatic rings. The number of nitrogens with zero attached hydrogens (tertiary/aromatic N) is 4. The molecule has 1 amide bonds. The van der Waals surface area contributed by atoms with Gasteiger partial charge >= 0.3 is 5.97 Å². The van der Waals surface area contributed by atoms with Crippen LogP contribution in [-0.2, 0) is 9.53 Å². The van der Waals surface area contributed by atoms with Crippen LogP contribution in [0.5, 0.6) is 11.5 Å². The van der Waals surface area contributed by atoms with Gasteiger partial charge in [0.15, 0.2) is 12.3 Å². The molecule has 0 spiro atoms. The van der Waals surface area contributed by atoms with Gasteiger partial charge in [0.1, 0.15) is 11.5 Å². The van der Waals surface area contributed by atoms with Crippen LogP contribution in [0.15, 0.2) is 77.8 Å². The summed E-state index contributed by atoms with van der Waals surface area (Å²) in [4.78, 5) is 33.6. The van der Waals surface area contributed by atoms with Crippen molar-refractivity contribution in [2.75, 3.05) is 20.8 Å². The third-order valence-corrected chi connectivity index (χ3v) is 6.77. The number of amides is 1. The van der Waals surface area contributed by atoms with Gasteiger partial charge in [-0.15, -0.1) is 0 Å². The first-order valence-electron chi connectivity index (χ1n) is 12.4. The molecule has 0 unspecified atom stereocenters. The van der Waals surface area contributed by atoms with Crippen molar-refractivity contribution >= 4 is 23.7 Å². The Bertz CT molecular complexity index is 1350. The molecule has 3 aromatic rings. The van der Waals surface area contributed by atoms with Crippen molar-refractivity contribution in [2.45, 2.75) is 25.3 Å². The predicted molar refractivity (Wildman–Crippen MR) is 141 cm³/mol. The number of carbonyl (C=O) groups is 2. The number of hydrogen-bond donors (Lipinski definition) is 0. The number of allylic oxidation sites excluding steroid dienone is 1. The van der Waals surface area contributed by atoms with E-state index in [1.54, 1.807) is 14.2 Å². The van der Waals surface area contributed by atoms with Crippen LogP contribution in [0, 0.1) is 5.92 Å². The first kappa shape index (κ1) is 25.1. The number of hydrazone groups is 1. The molecule has 9 nitrogen and oxygen atoms in total. The van der Waals surface area contributed by atoms with Crippen molar-refractivity contribution in [1.82, 2.24) is 15.0 Å². The SMILES string of the molecule is COc1ccc(/C=C2/CCC[C@H]3C2=NN(C(=O)COC(=O)c2cnccn2)[C@H]3c2ccc(OC)cc2)cc1. The molecule has 1 fully saturated rings. The summed E-state index contributed by atoms with van der Waals surface area (Å²) in [5.74, 6) is 0.415. The molecule has 0 N–H and O–H groups in total. The number of ether oxygens (including phenoxy) is 3. The van der Waals surface area contributed by atoms with E-state index in [9.17, 15) is 9.59 Å². The maximum absolute atomic E-state index is 13.4. The highest BCUT2D eigenvalue weighted by Crippen LogP contribution is 2.44. The third-order valence-electron chi connectivity index (χ3n) is 6.77. The van der Waals surface area contributed by atoms with Gasteiger partial charge < -0.3 is 14.2 Å². The van der Waals surface area contributed by atoms with Crippen molar-refractivity contribution < 1.29 is 23.8 Å². The number of rotatable bonds is 7. The van der Waals surface area contributed by atoms with Crippen molar-refractivity contribution in [3.8, 4) is 11.5 Å². The molecule has 0 radical (unpaired) electrons. The van der Waals surface area contributed by atoms with Crippen LogP contribution in [0.4, 0.5) is 0 Å². The van der Waals surface area contributed by atoms with Crippen LogP contribution >= 0.6 is 0 Å². The van der Waals surface area contributed by atoms with Gasteiger partial charge in [0, 0.05) is 18.3 Å². The van der Waals surface area contributed by atoms with E-state index in [1.807, 2.05) is 48.5 Å². The van der Waals surface area contributed by atoms with Crippen LogP contribution < -0.4 is 9.47 Å². The minimum atomic E-state index is -0.711. The van der Waals surface area contributed by atoms with Gasteiger partial charge in [0.05, 0.1) is 32.2 Å². The van der Waals surface area contributed by atoms with Crippen LogP contribution in [0.3, 0.4) is 0 Å². The molecule has 0 saturated heterocycles. The number of esters is 1. The Balaban J connectivity index is 1.44. The molecule has 1 aliphatic heterocycles. The van der Waals surface area contributed by atoms with E-state index in [0.717, 1.165) is 53.2 Å². The van der Waals surface area contributed by atoms with Gasteiger partial charge in [-0.05, 0) is 66.3 Å². The normalized spacial score (nSPS) is 19.5. The fraction of sp³-hybridized carbons (Fsp3) is 0.276. The fourth-order valence-electron chi connectivity index (χ4n) is 4.91. The number of benzene rings is 2. The predicted octanol–water partition coefficient (Wildman–Crippen LogP) is 4.47. The molecule has 38 heavy (non-hydrogen) atoms. The Hall–Kier alpha value is -4.53. The molecule has 5 rings (SSSR count). The Labute approximate surface area is 220 Å². The first-order chi connectivity index (χ1) is 18.6. The maximum Gasteiger partial charge on any atom is 0.359 e. The highest BCUT2D eigenvalue weighted by molar-refractivity contribution is 6.08. The standard InChI is InChI=1S/C29H28N4O5/c1-36-22-10-6-19(7-11-22)16-21-4-3-5-24-27(21)32-33(28(24)20-8-12-23(37-2)13-9-20)26(34)18-38-29(35)25-17-30-14-15-31-25/h6-17,24,28H,3-5,18H2,1-2H3/b21-16-/t24-,28-/m0/s1. The van der Waals surface area contributed by atoms with Crippen LogP contribution in [-0.4, -0.2) is 53.4 Å². The Kier molecular flexibility index (Phi) is 7.44. The number of hydrogen-bond acceptors (Lipinski definition) is 8. The van der Waals surface area contributed by atoms with E-state index in [2.05, 4.69) is 16.0 Å². The fourth-order valence-corrected chi connectivity index (χ4v) is 4.91. The van der Waals surface area contributed by atoms with Gasteiger partial charge in [0.2, 0.25) is 0 Å². The third kappa shape index (κ3) is 5.27. The van der Waals surface area contributed by atoms with E-state index >= 15 is 0 Å². The lowest BCUT2D eigenvalue weighted by atomic mass is 9.77. The van der Waals surface area contributed by atoms with Crippen LogP contribution in [0.2, 0.25) is 0 Å². The minimum absolute atomic E-state index is 0.0151. The Morgan fingerprint density at radius 2 is 1.71 bits per heavy atom. The van der Waals surface area contributed by atoms with Gasteiger partial charge in [-0.3, -0.25) is 9.78 Å². The molecule has 0 bridgehead atoms. The second kappa shape index (κ2) is 11.2. The van der Waals surface area contributed by atoms with E-state index in [0.29, 0.717) is 0 Å². The average Bonchev–Trinajstić information content (AvgIpc) is 3.37. The van der Waals surface area contributed by atoms with Crippen molar-refractivity contribution in [3.63, 3.8) is 0 Å². The molecule has 1 aliphatic carbocycles. The van der Waals surface area contributed by atoms with E-state index in [-0.39, 0.29) is 17.7 Å². The zero-order valence-electron chi connectivity index (χ0n) is 21.2. The lowest BCUT2D eigenvalue weighted by Gasteiger charge is -2.29. The number of carbonyl (C=O) groups excluding carboxylic acids is 2. The largest absolute Gasteiger partial charge is 0.497 e. The summed E-state index contributed by atoms with van der Waals surface area (Å²) in [5, 5.41) is 6.30. The quantitative estimate of drug-likeness (QED) is 0.430. The molecule has 2 heterocycles. The highest BCUT2D eigenvalue weighted by Gasteiger charge is 2.43. The van der Waals surface area contributed by atoms with E-state index in [1.165, 1.54) is 23.6 Å². The molecule has 194 valence electrons. The Morgan fingerprint density at radius 3 is 2.37 bits per heavy atom. The molecule has 2 aromatic carbocycles. The lowest BCUT2D eigenvalue weighted by molar-refractivity contribution is -0.137. The zero-order valence-corrected chi connectivity index (χ0v) is 21.2. The smallest absolute Gasteiger partial charge is 0.359 e. The van der Waals surface area contributed by atoms with Crippen molar-refractivity contribution in [1.29, 1.82) is 0 Å². The van der Waals surface area contributed by atoms with Gasteiger partial charge in [-0.25, -0.2) is 14.8 Å². The topological polar surface area (TPSA) is 103 Å². The van der Waals surface area contributed by atoms with Crippen molar-refractivity contribution in [2.24, 2.45) is 11.0 Å².